The van der Waals surface area contributed by atoms with Crippen LogP contribution in [0.3, 0.4) is 0 Å². The number of hydrogen-bond acceptors (Lipinski definition) is 6. The van der Waals surface area contributed by atoms with Crippen LogP contribution in [-0.2, 0) is 23.4 Å². The minimum atomic E-state index is -1.63. The molecule has 2 aliphatic rings. The third-order valence-corrected chi connectivity index (χ3v) is 7.45. The highest BCUT2D eigenvalue weighted by Gasteiger charge is 2.52. The van der Waals surface area contributed by atoms with Crippen LogP contribution >= 0.6 is 0 Å². The Morgan fingerprint density at radius 3 is 2.25 bits per heavy atom. The van der Waals surface area contributed by atoms with Crippen molar-refractivity contribution >= 4 is 17.8 Å². The number of nitrogens with two attached hydrogens (primary N) is 1. The van der Waals surface area contributed by atoms with E-state index in [0.29, 0.717) is 35.3 Å². The minimum absolute atomic E-state index is 0.0450. The first-order chi connectivity index (χ1) is 19.3. The van der Waals surface area contributed by atoms with E-state index in [-0.39, 0.29) is 11.9 Å². The summed E-state index contributed by atoms with van der Waals surface area (Å²) in [5.74, 6) is -1.63. The molecule has 0 radical (unpaired) electrons. The van der Waals surface area contributed by atoms with E-state index in [1.165, 1.54) is 59.8 Å². The Kier molecular flexibility index (Phi) is 6.10. The van der Waals surface area contributed by atoms with Crippen LogP contribution in [0.2, 0.25) is 0 Å². The molecular formula is C30H24F2N6O2. The van der Waals surface area contributed by atoms with Crippen LogP contribution in [0.4, 0.5) is 8.78 Å². The Morgan fingerprint density at radius 1 is 0.975 bits per heavy atom. The molecule has 2 N–H and O–H groups in total. The molecule has 10 heteroatoms. The van der Waals surface area contributed by atoms with Crippen molar-refractivity contribution in [2.24, 2.45) is 10.7 Å². The summed E-state index contributed by atoms with van der Waals surface area (Å²) in [6.07, 6.45) is 3.18. The molecule has 1 aromatic heterocycles. The fourth-order valence-electron chi connectivity index (χ4n) is 5.36. The second kappa shape index (κ2) is 9.64. The fraction of sp³-hybridized carbons (Fsp3) is 0.167. The van der Waals surface area contributed by atoms with Gasteiger partial charge < -0.3 is 10.6 Å². The quantitative estimate of drug-likeness (QED) is 0.413. The third kappa shape index (κ3) is 4.08. The molecule has 0 fully saturated rings. The lowest BCUT2D eigenvalue weighted by molar-refractivity contribution is -0.131. The lowest BCUT2D eigenvalue weighted by Gasteiger charge is -2.30. The van der Waals surface area contributed by atoms with Crippen LogP contribution in [0, 0.1) is 11.6 Å². The molecular weight excluding hydrogens is 514 g/mol. The van der Waals surface area contributed by atoms with Gasteiger partial charge in [-0.3, -0.25) is 14.5 Å². The molecule has 200 valence electrons. The lowest BCUT2D eigenvalue weighted by atomic mass is 9.82. The lowest BCUT2D eigenvalue weighted by Crippen LogP contribution is -2.44. The zero-order valence-electron chi connectivity index (χ0n) is 21.5. The van der Waals surface area contributed by atoms with Crippen LogP contribution in [0.15, 0.2) is 90.3 Å². The molecule has 0 spiro atoms. The van der Waals surface area contributed by atoms with E-state index in [9.17, 15) is 18.4 Å². The molecule has 4 aromatic rings. The molecule has 6 rings (SSSR count). The van der Waals surface area contributed by atoms with Crippen LogP contribution in [0.5, 0.6) is 0 Å². The molecule has 0 aliphatic carbocycles. The van der Waals surface area contributed by atoms with Gasteiger partial charge in [-0.1, -0.05) is 36.4 Å². The molecule has 40 heavy (non-hydrogen) atoms. The predicted molar refractivity (Wildman–Crippen MR) is 143 cm³/mol. The average molecular weight is 539 g/mol. The van der Waals surface area contributed by atoms with E-state index >= 15 is 0 Å². The van der Waals surface area contributed by atoms with Gasteiger partial charge >= 0.3 is 0 Å². The molecule has 8 nitrogen and oxygen atoms in total. The van der Waals surface area contributed by atoms with Crippen LogP contribution in [0.25, 0.3) is 0 Å². The number of aliphatic imine (C=N–C) groups is 1. The average Bonchev–Trinajstić information content (AvgIpc) is 3.52. The summed E-state index contributed by atoms with van der Waals surface area (Å²) in [4.78, 5) is 43.5. The predicted octanol–water partition coefficient (Wildman–Crippen LogP) is 4.07. The summed E-state index contributed by atoms with van der Waals surface area (Å²) in [5.41, 5.74) is 8.39. The maximum absolute atomic E-state index is 14.2. The van der Waals surface area contributed by atoms with Gasteiger partial charge in [0.15, 0.2) is 11.5 Å². The van der Waals surface area contributed by atoms with Gasteiger partial charge in [0.25, 0.3) is 11.8 Å². The van der Waals surface area contributed by atoms with Crippen molar-refractivity contribution in [3.63, 3.8) is 0 Å². The SMILES string of the molecule is CC(c1cccc(C(=O)N2Cc3cncnc3C2)c1)N1C(=O)C(c2ccc(F)cc2)(c2ccc(F)cc2)N=C1N. The smallest absolute Gasteiger partial charge is 0.267 e. The largest absolute Gasteiger partial charge is 0.369 e. The molecule has 0 saturated heterocycles. The molecule has 0 bridgehead atoms. The van der Waals surface area contributed by atoms with Crippen LogP contribution in [0.1, 0.15) is 51.3 Å². The van der Waals surface area contributed by atoms with E-state index in [0.717, 1.165) is 11.3 Å². The second-order valence-electron chi connectivity index (χ2n) is 9.83. The highest BCUT2D eigenvalue weighted by molar-refractivity contribution is 6.09. The van der Waals surface area contributed by atoms with E-state index in [4.69, 9.17) is 5.73 Å². The van der Waals surface area contributed by atoms with E-state index in [2.05, 4.69) is 15.0 Å². The Morgan fingerprint density at radius 2 is 1.62 bits per heavy atom. The van der Waals surface area contributed by atoms with Gasteiger partial charge in [-0.05, 0) is 60.0 Å². The maximum Gasteiger partial charge on any atom is 0.267 e. The van der Waals surface area contributed by atoms with Crippen LogP contribution < -0.4 is 5.73 Å². The number of amides is 2. The second-order valence-corrected chi connectivity index (χ2v) is 9.83. The summed E-state index contributed by atoms with van der Waals surface area (Å²) in [7, 11) is 0. The normalized spacial score (nSPS) is 16.6. The topological polar surface area (TPSA) is 105 Å². The first kappa shape index (κ1) is 25.3. The number of halogens is 2. The first-order valence-electron chi connectivity index (χ1n) is 12.7. The minimum Gasteiger partial charge on any atom is -0.369 e. The molecule has 3 aromatic carbocycles. The molecule has 1 atom stereocenters. The Balaban J connectivity index is 1.33. The highest BCUT2D eigenvalue weighted by atomic mass is 19.1. The summed E-state index contributed by atoms with van der Waals surface area (Å²) in [6.45, 7) is 2.59. The number of carbonyl (C=O) groups excluding carboxylic acids is 2. The van der Waals surface area contributed by atoms with Crippen molar-refractivity contribution in [1.82, 2.24) is 19.8 Å². The first-order valence-corrected chi connectivity index (χ1v) is 12.7. The van der Waals surface area contributed by atoms with Gasteiger partial charge in [0.1, 0.15) is 18.0 Å². The maximum atomic E-state index is 14.2. The Labute approximate surface area is 228 Å². The van der Waals surface area contributed by atoms with E-state index in [1.54, 1.807) is 36.2 Å². The zero-order valence-corrected chi connectivity index (χ0v) is 21.5. The van der Waals surface area contributed by atoms with Gasteiger partial charge in [0.2, 0.25) is 0 Å². The summed E-state index contributed by atoms with van der Waals surface area (Å²) >= 11 is 0. The van der Waals surface area contributed by atoms with E-state index < -0.39 is 29.1 Å². The van der Waals surface area contributed by atoms with Crippen molar-refractivity contribution in [1.29, 1.82) is 0 Å². The van der Waals surface area contributed by atoms with Crippen LogP contribution in [-0.4, -0.2) is 37.5 Å². The number of rotatable bonds is 5. The number of guanidine groups is 1. The van der Waals surface area contributed by atoms with Crippen molar-refractivity contribution in [2.45, 2.75) is 31.6 Å². The van der Waals surface area contributed by atoms with Crippen molar-refractivity contribution < 1.29 is 18.4 Å². The van der Waals surface area contributed by atoms with Gasteiger partial charge in [-0.25, -0.2) is 23.7 Å². The summed E-state index contributed by atoms with van der Waals surface area (Å²) < 4.78 is 27.6. The highest BCUT2D eigenvalue weighted by Crippen LogP contribution is 2.42. The molecule has 1 unspecified atom stereocenters. The Hall–Kier alpha value is -4.99. The zero-order chi connectivity index (χ0) is 28.0. The van der Waals surface area contributed by atoms with Gasteiger partial charge in [-0.15, -0.1) is 0 Å². The van der Waals surface area contributed by atoms with Gasteiger partial charge in [0, 0.05) is 23.9 Å². The molecule has 3 heterocycles. The van der Waals surface area contributed by atoms with Crippen molar-refractivity contribution in [3.05, 3.63) is 130 Å². The van der Waals surface area contributed by atoms with Crippen molar-refractivity contribution in [3.8, 4) is 0 Å². The number of fused-ring (bicyclic) bond motifs is 1. The number of aromatic nitrogens is 2. The summed E-state index contributed by atoms with van der Waals surface area (Å²) in [6, 6.07) is 17.3. The van der Waals surface area contributed by atoms with Gasteiger partial charge in [0.05, 0.1) is 18.3 Å². The van der Waals surface area contributed by atoms with E-state index in [1.807, 2.05) is 6.07 Å². The number of nitrogens with zero attached hydrogens (tertiary/aromatic N) is 5. The fourth-order valence-corrected chi connectivity index (χ4v) is 5.36. The molecule has 0 saturated carbocycles. The number of benzene rings is 3. The summed E-state index contributed by atoms with van der Waals surface area (Å²) in [5, 5.41) is 0. The Bertz CT molecular complexity index is 1590. The standard InChI is InChI=1S/C30H24F2N6O2/c1-18(19-3-2-4-20(13-19)27(39)37-15-21-14-34-17-35-26(21)16-37)38-28(40)30(36-29(38)33,22-5-9-24(31)10-6-22)23-7-11-25(32)12-8-23/h2-14,17-18H,15-16H2,1H3,(H2,33,36). The molecule has 2 aliphatic heterocycles. The van der Waals surface area contributed by atoms with Gasteiger partial charge in [-0.2, -0.15) is 0 Å². The number of hydrogen-bond donors (Lipinski definition) is 1. The number of carbonyl (C=O) groups is 2. The molecule has 2 amide bonds. The third-order valence-electron chi connectivity index (χ3n) is 7.45. The monoisotopic (exact) mass is 538 g/mol. The van der Waals surface area contributed by atoms with Crippen molar-refractivity contribution in [2.75, 3.05) is 0 Å².